The van der Waals surface area contributed by atoms with Crippen molar-refractivity contribution in [3.8, 4) is 11.5 Å². The maximum Gasteiger partial charge on any atom is 0.328 e. The van der Waals surface area contributed by atoms with Crippen LogP contribution in [0.2, 0.25) is 0 Å². The van der Waals surface area contributed by atoms with Gasteiger partial charge in [-0.15, -0.1) is 0 Å². The minimum Gasteiger partial charge on any atom is -0.493 e. The van der Waals surface area contributed by atoms with Crippen LogP contribution in [0, 0.1) is 10.1 Å². The van der Waals surface area contributed by atoms with E-state index in [0.29, 0.717) is 12.2 Å². The van der Waals surface area contributed by atoms with E-state index in [2.05, 4.69) is 6.58 Å². The number of carbonyl (C=O) groups excluding carboxylic acids is 2. The molecular weight excluding hydrogens is 368 g/mol. The third-order valence-electron chi connectivity index (χ3n) is 4.45. The molecule has 1 aliphatic heterocycles. The lowest BCUT2D eigenvalue weighted by molar-refractivity contribution is -0.385. The third-order valence-corrected chi connectivity index (χ3v) is 4.45. The molecule has 1 aromatic carbocycles. The molecule has 1 aliphatic rings. The van der Waals surface area contributed by atoms with Gasteiger partial charge in [-0.1, -0.05) is 25.5 Å². The molecule has 1 atom stereocenters. The van der Waals surface area contributed by atoms with Gasteiger partial charge in [0.2, 0.25) is 0 Å². The number of hydrogen-bond donors (Lipinski definition) is 0. The van der Waals surface area contributed by atoms with Gasteiger partial charge >= 0.3 is 5.97 Å². The standard InChI is InChI=1S/C19H24N2O7/c1-5-6-7-28-17-10-14(21(24)25)13(9-16(17)26-3)18(22)20-11-12(2)8-15(20)19(23)27-4/h9-10,15H,2,5-8,11H2,1,3-4H3/t15-/m0/s1. The molecule has 1 amide bonds. The number of ether oxygens (including phenoxy) is 3. The van der Waals surface area contributed by atoms with Crippen molar-refractivity contribution in [1.29, 1.82) is 0 Å². The van der Waals surface area contributed by atoms with Crippen molar-refractivity contribution in [1.82, 2.24) is 4.90 Å². The highest BCUT2D eigenvalue weighted by Gasteiger charge is 2.39. The summed E-state index contributed by atoms with van der Waals surface area (Å²) in [7, 11) is 2.61. The van der Waals surface area contributed by atoms with Crippen molar-refractivity contribution in [2.24, 2.45) is 0 Å². The van der Waals surface area contributed by atoms with Crippen molar-refractivity contribution < 1.29 is 28.7 Å². The Morgan fingerprint density at radius 3 is 2.61 bits per heavy atom. The third kappa shape index (κ3) is 4.41. The Labute approximate surface area is 163 Å². The first kappa shape index (κ1) is 21.2. The highest BCUT2D eigenvalue weighted by atomic mass is 16.6. The van der Waals surface area contributed by atoms with E-state index < -0.39 is 28.5 Å². The second-order valence-electron chi connectivity index (χ2n) is 6.41. The first-order chi connectivity index (χ1) is 13.3. The number of methoxy groups -OCH3 is 2. The van der Waals surface area contributed by atoms with Crippen LogP contribution in [0.4, 0.5) is 5.69 Å². The van der Waals surface area contributed by atoms with E-state index in [1.165, 1.54) is 31.3 Å². The van der Waals surface area contributed by atoms with Gasteiger partial charge in [0, 0.05) is 19.0 Å². The lowest BCUT2D eigenvalue weighted by atomic mass is 10.1. The number of nitro groups is 1. The molecule has 28 heavy (non-hydrogen) atoms. The number of unbranched alkanes of at least 4 members (excludes halogenated alkanes) is 1. The van der Waals surface area contributed by atoms with Crippen molar-refractivity contribution in [2.45, 2.75) is 32.2 Å². The van der Waals surface area contributed by atoms with Crippen LogP contribution in [0.25, 0.3) is 0 Å². The highest BCUT2D eigenvalue weighted by Crippen LogP contribution is 2.36. The van der Waals surface area contributed by atoms with E-state index in [-0.39, 0.29) is 30.0 Å². The van der Waals surface area contributed by atoms with Gasteiger partial charge in [0.25, 0.3) is 11.6 Å². The quantitative estimate of drug-likeness (QED) is 0.220. The zero-order valence-electron chi connectivity index (χ0n) is 16.2. The van der Waals surface area contributed by atoms with Gasteiger partial charge in [0.1, 0.15) is 11.6 Å². The summed E-state index contributed by atoms with van der Waals surface area (Å²) in [5.74, 6) is -0.868. The van der Waals surface area contributed by atoms with Gasteiger partial charge in [-0.25, -0.2) is 4.79 Å². The average Bonchev–Trinajstić information content (AvgIpc) is 3.08. The predicted octanol–water partition coefficient (Wildman–Crippen LogP) is 2.73. The summed E-state index contributed by atoms with van der Waals surface area (Å²) >= 11 is 0. The SMILES string of the molecule is C=C1C[C@@H](C(=O)OC)N(C(=O)c2cc(OC)c(OCCCC)cc2[N+](=O)[O-])C1. The summed E-state index contributed by atoms with van der Waals surface area (Å²) in [6, 6.07) is 1.59. The Bertz CT molecular complexity index is 791. The molecule has 0 aromatic heterocycles. The van der Waals surface area contributed by atoms with Crippen LogP contribution < -0.4 is 9.47 Å². The molecule has 0 spiro atoms. The smallest absolute Gasteiger partial charge is 0.328 e. The maximum absolute atomic E-state index is 13.1. The van der Waals surface area contributed by atoms with Crippen LogP contribution >= 0.6 is 0 Å². The van der Waals surface area contributed by atoms with Gasteiger partial charge in [0.05, 0.1) is 31.8 Å². The summed E-state index contributed by atoms with van der Waals surface area (Å²) in [5, 5.41) is 11.6. The summed E-state index contributed by atoms with van der Waals surface area (Å²) in [4.78, 5) is 37.2. The highest BCUT2D eigenvalue weighted by molar-refractivity contribution is 6.01. The fourth-order valence-corrected chi connectivity index (χ4v) is 2.98. The Morgan fingerprint density at radius 2 is 2.04 bits per heavy atom. The maximum atomic E-state index is 13.1. The Balaban J connectivity index is 2.45. The molecule has 9 nitrogen and oxygen atoms in total. The number of nitro benzene ring substituents is 1. The summed E-state index contributed by atoms with van der Waals surface area (Å²) in [5.41, 5.74) is 0.0598. The van der Waals surface area contributed by atoms with Crippen LogP contribution in [0.5, 0.6) is 11.5 Å². The molecule has 1 saturated heterocycles. The second-order valence-corrected chi connectivity index (χ2v) is 6.41. The van der Waals surface area contributed by atoms with Gasteiger partial charge in [-0.2, -0.15) is 0 Å². The van der Waals surface area contributed by atoms with Crippen LogP contribution in [-0.4, -0.2) is 55.1 Å². The second kappa shape index (κ2) is 9.20. The lowest BCUT2D eigenvalue weighted by Crippen LogP contribution is -2.41. The molecule has 9 heteroatoms. The van der Waals surface area contributed by atoms with E-state index in [1.54, 1.807) is 0 Å². The van der Waals surface area contributed by atoms with Crippen molar-refractivity contribution in [2.75, 3.05) is 27.4 Å². The number of amides is 1. The van der Waals surface area contributed by atoms with Crippen molar-refractivity contribution in [3.63, 3.8) is 0 Å². The molecule has 0 N–H and O–H groups in total. The minimum absolute atomic E-state index is 0.118. The first-order valence-corrected chi connectivity index (χ1v) is 8.88. The minimum atomic E-state index is -0.865. The van der Waals surface area contributed by atoms with E-state index in [9.17, 15) is 19.7 Å². The topological polar surface area (TPSA) is 108 Å². The monoisotopic (exact) mass is 392 g/mol. The number of nitrogens with zero attached hydrogens (tertiary/aromatic N) is 2. The number of benzene rings is 1. The predicted molar refractivity (Wildman–Crippen MR) is 101 cm³/mol. The Morgan fingerprint density at radius 1 is 1.32 bits per heavy atom. The molecule has 1 fully saturated rings. The number of hydrogen-bond acceptors (Lipinski definition) is 7. The van der Waals surface area contributed by atoms with E-state index in [4.69, 9.17) is 14.2 Å². The summed E-state index contributed by atoms with van der Waals surface area (Å²) in [6.07, 6.45) is 1.92. The molecule has 1 aromatic rings. The Hall–Kier alpha value is -3.10. The average molecular weight is 392 g/mol. The zero-order chi connectivity index (χ0) is 20.8. The van der Waals surface area contributed by atoms with E-state index in [0.717, 1.165) is 12.8 Å². The van der Waals surface area contributed by atoms with Gasteiger partial charge < -0.3 is 19.1 Å². The molecule has 152 valence electrons. The summed E-state index contributed by atoms with van der Waals surface area (Å²) in [6.45, 7) is 6.29. The number of likely N-dealkylation sites (tertiary alicyclic amines) is 1. The van der Waals surface area contributed by atoms with Crippen LogP contribution in [0.1, 0.15) is 36.5 Å². The zero-order valence-corrected chi connectivity index (χ0v) is 16.2. The molecule has 0 bridgehead atoms. The molecule has 1 heterocycles. The fourth-order valence-electron chi connectivity index (χ4n) is 2.98. The number of esters is 1. The molecule has 0 saturated carbocycles. The summed E-state index contributed by atoms with van der Waals surface area (Å²) < 4.78 is 15.6. The van der Waals surface area contributed by atoms with Crippen molar-refractivity contribution >= 4 is 17.6 Å². The largest absolute Gasteiger partial charge is 0.493 e. The van der Waals surface area contributed by atoms with Gasteiger partial charge in [-0.05, 0) is 6.42 Å². The fraction of sp³-hybridized carbons (Fsp3) is 0.474. The van der Waals surface area contributed by atoms with Crippen LogP contribution in [-0.2, 0) is 9.53 Å². The molecule has 0 aliphatic carbocycles. The molecule has 0 unspecified atom stereocenters. The van der Waals surface area contributed by atoms with E-state index in [1.807, 2.05) is 6.92 Å². The van der Waals surface area contributed by atoms with Crippen molar-refractivity contribution in [3.05, 3.63) is 40.0 Å². The Kier molecular flexibility index (Phi) is 6.97. The van der Waals surface area contributed by atoms with E-state index >= 15 is 0 Å². The molecule has 0 radical (unpaired) electrons. The van der Waals surface area contributed by atoms with Crippen LogP contribution in [0.15, 0.2) is 24.3 Å². The molecule has 2 rings (SSSR count). The lowest BCUT2D eigenvalue weighted by Gasteiger charge is -2.22. The van der Waals surface area contributed by atoms with Crippen LogP contribution in [0.3, 0.4) is 0 Å². The first-order valence-electron chi connectivity index (χ1n) is 8.88. The number of carbonyl (C=O) groups is 2. The van der Waals surface area contributed by atoms with Gasteiger partial charge in [0.15, 0.2) is 11.5 Å². The molecular formula is C19H24N2O7. The normalized spacial score (nSPS) is 16.0. The van der Waals surface area contributed by atoms with Gasteiger partial charge in [-0.3, -0.25) is 14.9 Å². The number of rotatable bonds is 8.